The number of carbonyl (C=O) groups is 2. The number of fused-ring (bicyclic) bond motifs is 2. The van der Waals surface area contributed by atoms with E-state index in [4.69, 9.17) is 4.74 Å². The van der Waals surface area contributed by atoms with E-state index in [9.17, 15) is 14.4 Å². The number of aromatic amines is 1. The Kier molecular flexibility index (Phi) is 3.97. The molecule has 0 aliphatic rings. The van der Waals surface area contributed by atoms with Crippen LogP contribution < -0.4 is 5.56 Å². The lowest BCUT2D eigenvalue weighted by Crippen LogP contribution is -2.19. The van der Waals surface area contributed by atoms with Crippen LogP contribution in [0.2, 0.25) is 0 Å². The van der Waals surface area contributed by atoms with E-state index in [1.54, 1.807) is 54.6 Å². The van der Waals surface area contributed by atoms with E-state index in [-0.39, 0.29) is 17.1 Å². The van der Waals surface area contributed by atoms with Crippen LogP contribution in [-0.4, -0.2) is 33.8 Å². The van der Waals surface area contributed by atoms with E-state index in [0.29, 0.717) is 21.8 Å². The largest absolute Gasteiger partial charge is 0.464 e. The Bertz CT molecular complexity index is 1280. The number of aromatic nitrogens is 3. The van der Waals surface area contributed by atoms with Crippen LogP contribution in [0.5, 0.6) is 0 Å². The molecule has 0 radical (unpaired) electrons. The van der Waals surface area contributed by atoms with Gasteiger partial charge in [0.25, 0.3) is 5.56 Å². The van der Waals surface area contributed by atoms with Crippen molar-refractivity contribution in [1.82, 2.24) is 15.0 Å². The Morgan fingerprint density at radius 3 is 2.44 bits per heavy atom. The van der Waals surface area contributed by atoms with Gasteiger partial charge in [0.1, 0.15) is 0 Å². The molecular weight excluding hydrogens is 346 g/mol. The molecule has 0 saturated carbocycles. The van der Waals surface area contributed by atoms with Crippen molar-refractivity contribution in [3.8, 4) is 0 Å². The van der Waals surface area contributed by atoms with Crippen molar-refractivity contribution in [3.05, 3.63) is 82.0 Å². The summed E-state index contributed by atoms with van der Waals surface area (Å²) in [7, 11) is 1.21. The molecule has 0 bridgehead atoms. The van der Waals surface area contributed by atoms with Crippen molar-refractivity contribution in [1.29, 1.82) is 0 Å². The number of methoxy groups -OCH3 is 1. The van der Waals surface area contributed by atoms with Crippen LogP contribution in [0.15, 0.2) is 59.4 Å². The number of nitrogens with one attached hydrogen (secondary N) is 1. The predicted octanol–water partition coefficient (Wildman–Crippen LogP) is 2.49. The molecular formula is C20H13N3O4. The third kappa shape index (κ3) is 2.85. The fourth-order valence-electron chi connectivity index (χ4n) is 2.86. The first-order valence-electron chi connectivity index (χ1n) is 8.10. The van der Waals surface area contributed by atoms with E-state index in [1.807, 2.05) is 0 Å². The number of rotatable bonds is 3. The third-order valence-electron chi connectivity index (χ3n) is 4.18. The van der Waals surface area contributed by atoms with Gasteiger partial charge in [-0.25, -0.2) is 14.8 Å². The van der Waals surface area contributed by atoms with E-state index >= 15 is 0 Å². The van der Waals surface area contributed by atoms with E-state index in [0.717, 1.165) is 0 Å². The molecule has 2 aromatic heterocycles. The van der Waals surface area contributed by atoms with E-state index in [2.05, 4.69) is 15.0 Å². The molecule has 2 aromatic carbocycles. The average Bonchev–Trinajstić information content (AvgIpc) is 2.71. The summed E-state index contributed by atoms with van der Waals surface area (Å²) in [6, 6.07) is 15.3. The summed E-state index contributed by atoms with van der Waals surface area (Å²) in [6.07, 6.45) is 0. The zero-order chi connectivity index (χ0) is 19.0. The molecule has 0 atom stereocenters. The molecule has 7 heteroatoms. The first-order valence-corrected chi connectivity index (χ1v) is 8.10. The summed E-state index contributed by atoms with van der Waals surface area (Å²) in [6.45, 7) is 0. The van der Waals surface area contributed by atoms with Crippen LogP contribution in [0.3, 0.4) is 0 Å². The maximum absolute atomic E-state index is 13.0. The van der Waals surface area contributed by atoms with E-state index in [1.165, 1.54) is 7.11 Å². The molecule has 2 heterocycles. The summed E-state index contributed by atoms with van der Waals surface area (Å²) in [4.78, 5) is 48.5. The van der Waals surface area contributed by atoms with Gasteiger partial charge in [0.05, 0.1) is 29.1 Å². The molecule has 27 heavy (non-hydrogen) atoms. The molecule has 4 aromatic rings. The van der Waals surface area contributed by atoms with Crippen LogP contribution in [0.1, 0.15) is 26.7 Å². The fourth-order valence-corrected chi connectivity index (χ4v) is 2.86. The molecule has 4 rings (SSSR count). The number of nitrogens with zero attached hydrogens (tertiary/aromatic N) is 2. The zero-order valence-corrected chi connectivity index (χ0v) is 14.2. The smallest absolute Gasteiger partial charge is 0.357 e. The number of H-pyrrole nitrogens is 1. The quantitative estimate of drug-likeness (QED) is 0.445. The Morgan fingerprint density at radius 1 is 0.963 bits per heavy atom. The molecule has 0 spiro atoms. The number of ether oxygens (including phenoxy) is 1. The molecule has 0 unspecified atom stereocenters. The van der Waals surface area contributed by atoms with Crippen LogP contribution in [0.4, 0.5) is 0 Å². The fraction of sp³-hybridized carbons (Fsp3) is 0.0500. The van der Waals surface area contributed by atoms with Crippen molar-refractivity contribution in [3.63, 3.8) is 0 Å². The summed E-state index contributed by atoms with van der Waals surface area (Å²) >= 11 is 0. The number of carbonyl (C=O) groups excluding carboxylic acids is 2. The molecule has 0 saturated heterocycles. The second kappa shape index (κ2) is 6.45. The molecule has 0 aliphatic carbocycles. The van der Waals surface area contributed by atoms with Gasteiger partial charge in [0.2, 0.25) is 5.78 Å². The van der Waals surface area contributed by atoms with Gasteiger partial charge >= 0.3 is 5.97 Å². The molecule has 0 aliphatic heterocycles. The Balaban J connectivity index is 1.94. The highest BCUT2D eigenvalue weighted by Gasteiger charge is 2.23. The molecule has 0 fully saturated rings. The van der Waals surface area contributed by atoms with Crippen LogP contribution in [-0.2, 0) is 4.74 Å². The van der Waals surface area contributed by atoms with Crippen molar-refractivity contribution < 1.29 is 14.3 Å². The Morgan fingerprint density at radius 2 is 1.67 bits per heavy atom. The first kappa shape index (κ1) is 16.6. The summed E-state index contributed by atoms with van der Waals surface area (Å²) in [5, 5.41) is 1.05. The van der Waals surface area contributed by atoms with Crippen molar-refractivity contribution in [2.45, 2.75) is 0 Å². The lowest BCUT2D eigenvalue weighted by molar-refractivity contribution is 0.0591. The van der Waals surface area contributed by atoms with Gasteiger partial charge in [-0.05, 0) is 24.3 Å². The number of para-hydroxylation sites is 2. The topological polar surface area (TPSA) is 102 Å². The highest BCUT2D eigenvalue weighted by Crippen LogP contribution is 2.20. The highest BCUT2D eigenvalue weighted by atomic mass is 16.5. The average molecular weight is 359 g/mol. The number of ketones is 1. The standard InChI is InChI=1S/C20H13N3O4/c1-27-20(26)16-13(10-11-6-2-4-8-14(11)21-16)17(24)18-22-15-9-5-3-7-12(15)19(25)23-18/h2-10H,1H3,(H,22,23,25). The summed E-state index contributed by atoms with van der Waals surface area (Å²) in [5.74, 6) is -1.52. The lowest BCUT2D eigenvalue weighted by Gasteiger charge is -2.08. The van der Waals surface area contributed by atoms with Gasteiger partial charge in [0.15, 0.2) is 11.5 Å². The maximum atomic E-state index is 13.0. The minimum Gasteiger partial charge on any atom is -0.464 e. The molecule has 0 amide bonds. The van der Waals surface area contributed by atoms with Crippen molar-refractivity contribution in [2.75, 3.05) is 7.11 Å². The van der Waals surface area contributed by atoms with Crippen LogP contribution in [0.25, 0.3) is 21.8 Å². The maximum Gasteiger partial charge on any atom is 0.357 e. The molecule has 132 valence electrons. The van der Waals surface area contributed by atoms with Gasteiger partial charge in [0, 0.05) is 5.39 Å². The van der Waals surface area contributed by atoms with Gasteiger partial charge in [-0.1, -0.05) is 30.3 Å². The van der Waals surface area contributed by atoms with E-state index < -0.39 is 17.3 Å². The lowest BCUT2D eigenvalue weighted by atomic mass is 10.0. The van der Waals surface area contributed by atoms with Crippen molar-refractivity contribution >= 4 is 33.6 Å². The van der Waals surface area contributed by atoms with Gasteiger partial charge in [-0.15, -0.1) is 0 Å². The monoisotopic (exact) mass is 359 g/mol. The first-order chi connectivity index (χ1) is 13.1. The number of benzene rings is 2. The number of pyridine rings is 1. The van der Waals surface area contributed by atoms with Gasteiger partial charge in [-0.3, -0.25) is 9.59 Å². The molecule has 7 nitrogen and oxygen atoms in total. The number of hydrogen-bond donors (Lipinski definition) is 1. The van der Waals surface area contributed by atoms with Crippen LogP contribution >= 0.6 is 0 Å². The second-order valence-corrected chi connectivity index (χ2v) is 5.83. The zero-order valence-electron chi connectivity index (χ0n) is 14.2. The summed E-state index contributed by atoms with van der Waals surface area (Å²) < 4.78 is 4.76. The van der Waals surface area contributed by atoms with Crippen LogP contribution in [0, 0.1) is 0 Å². The highest BCUT2D eigenvalue weighted by molar-refractivity contribution is 6.14. The minimum atomic E-state index is -0.743. The number of esters is 1. The predicted molar refractivity (Wildman–Crippen MR) is 98.9 cm³/mol. The normalized spacial score (nSPS) is 10.9. The summed E-state index contributed by atoms with van der Waals surface area (Å²) in [5.41, 5.74) is 0.390. The minimum absolute atomic E-state index is 0.0129. The Labute approximate surface area is 152 Å². The Hall–Kier alpha value is -3.87. The van der Waals surface area contributed by atoms with Gasteiger partial charge in [-0.2, -0.15) is 0 Å². The molecule has 1 N–H and O–H groups in total. The van der Waals surface area contributed by atoms with Gasteiger partial charge < -0.3 is 9.72 Å². The second-order valence-electron chi connectivity index (χ2n) is 5.83. The number of hydrogen-bond acceptors (Lipinski definition) is 6. The third-order valence-corrected chi connectivity index (χ3v) is 4.18. The van der Waals surface area contributed by atoms with Crippen molar-refractivity contribution in [2.24, 2.45) is 0 Å². The SMILES string of the molecule is COC(=O)c1nc2ccccc2cc1C(=O)c1nc2ccccc2c(=O)[nH]1.